The fourth-order valence-corrected chi connectivity index (χ4v) is 3.68. The van der Waals surface area contributed by atoms with Crippen molar-refractivity contribution in [3.8, 4) is 0 Å². The van der Waals surface area contributed by atoms with Crippen LogP contribution in [0.1, 0.15) is 51.1 Å². The maximum absolute atomic E-state index is 3.51. The summed E-state index contributed by atoms with van der Waals surface area (Å²) < 4.78 is 1.15. The molecule has 0 spiro atoms. The predicted octanol–water partition coefficient (Wildman–Crippen LogP) is 4.36. The molecule has 0 radical (unpaired) electrons. The first kappa shape index (κ1) is 16.0. The number of halogens is 1. The van der Waals surface area contributed by atoms with E-state index >= 15 is 0 Å². The number of nitrogens with zero attached hydrogens (tertiary/aromatic N) is 1. The number of nitrogens with one attached hydrogen (secondary N) is 1. The fourth-order valence-electron chi connectivity index (χ4n) is 3.42. The Hall–Kier alpha value is -0.380. The van der Waals surface area contributed by atoms with Gasteiger partial charge in [0.25, 0.3) is 0 Å². The lowest BCUT2D eigenvalue weighted by molar-refractivity contribution is 0.189. The lowest BCUT2D eigenvalue weighted by Gasteiger charge is -2.29. The van der Waals surface area contributed by atoms with Gasteiger partial charge in [-0.3, -0.25) is 4.90 Å². The molecule has 1 aliphatic heterocycles. The van der Waals surface area contributed by atoms with Crippen molar-refractivity contribution in [1.29, 1.82) is 0 Å². The van der Waals surface area contributed by atoms with E-state index in [-0.39, 0.29) is 0 Å². The van der Waals surface area contributed by atoms with Crippen LogP contribution >= 0.6 is 15.9 Å². The molecule has 112 valence electrons. The first-order valence-corrected chi connectivity index (χ1v) is 8.63. The molecule has 0 saturated carbocycles. The van der Waals surface area contributed by atoms with Crippen LogP contribution in [-0.4, -0.2) is 30.6 Å². The third-order valence-corrected chi connectivity index (χ3v) is 5.25. The molecule has 2 rings (SSSR count). The molecule has 2 nitrogen and oxygen atoms in total. The van der Waals surface area contributed by atoms with Gasteiger partial charge in [-0.2, -0.15) is 0 Å². The van der Waals surface area contributed by atoms with Gasteiger partial charge in [0.05, 0.1) is 0 Å². The number of rotatable bonds is 6. The maximum Gasteiger partial charge on any atom is 0.0329 e. The van der Waals surface area contributed by atoms with E-state index in [2.05, 4.69) is 71.3 Å². The van der Waals surface area contributed by atoms with Crippen molar-refractivity contribution in [3.63, 3.8) is 0 Å². The number of hydrogen-bond donors (Lipinski definition) is 1. The molecule has 1 heterocycles. The highest BCUT2D eigenvalue weighted by Crippen LogP contribution is 2.28. The second kappa shape index (κ2) is 7.58. The highest BCUT2D eigenvalue weighted by atomic mass is 79.9. The van der Waals surface area contributed by atoms with Crippen molar-refractivity contribution in [2.45, 2.75) is 57.7 Å². The van der Waals surface area contributed by atoms with Gasteiger partial charge in [-0.15, -0.1) is 0 Å². The molecule has 1 aliphatic rings. The lowest BCUT2D eigenvalue weighted by atomic mass is 10.0. The van der Waals surface area contributed by atoms with E-state index in [9.17, 15) is 0 Å². The average molecular weight is 339 g/mol. The Morgan fingerprint density at radius 3 is 2.60 bits per heavy atom. The largest absolute Gasteiger partial charge is 0.313 e. The zero-order chi connectivity index (χ0) is 14.5. The highest BCUT2D eigenvalue weighted by molar-refractivity contribution is 9.10. The van der Waals surface area contributed by atoms with Crippen molar-refractivity contribution in [1.82, 2.24) is 10.2 Å². The molecule has 1 N–H and O–H groups in total. The smallest absolute Gasteiger partial charge is 0.0329 e. The highest BCUT2D eigenvalue weighted by Gasteiger charge is 2.29. The van der Waals surface area contributed by atoms with E-state index < -0.39 is 0 Å². The van der Waals surface area contributed by atoms with Gasteiger partial charge in [-0.25, -0.2) is 0 Å². The van der Waals surface area contributed by atoms with Crippen LogP contribution in [0.2, 0.25) is 0 Å². The van der Waals surface area contributed by atoms with Crippen LogP contribution < -0.4 is 5.32 Å². The summed E-state index contributed by atoms with van der Waals surface area (Å²) in [6, 6.07) is 10.7. The third-order valence-electron chi connectivity index (χ3n) is 4.72. The monoisotopic (exact) mass is 338 g/mol. The number of hydrogen-bond acceptors (Lipinski definition) is 2. The molecule has 1 aromatic rings. The van der Waals surface area contributed by atoms with E-state index in [1.54, 1.807) is 0 Å². The fraction of sp³-hybridized carbons (Fsp3) is 0.647. The Morgan fingerprint density at radius 2 is 2.00 bits per heavy atom. The van der Waals surface area contributed by atoms with Crippen molar-refractivity contribution in [2.75, 3.05) is 13.6 Å². The summed E-state index contributed by atoms with van der Waals surface area (Å²) >= 11 is 3.51. The average Bonchev–Trinajstić information content (AvgIpc) is 2.82. The Labute approximate surface area is 132 Å². The summed E-state index contributed by atoms with van der Waals surface area (Å²) in [5, 5.41) is 3.47. The summed E-state index contributed by atoms with van der Waals surface area (Å²) in [7, 11) is 2.07. The Kier molecular flexibility index (Phi) is 6.06. The molecule has 0 aromatic heterocycles. The van der Waals surface area contributed by atoms with Gasteiger partial charge in [0.1, 0.15) is 0 Å². The van der Waals surface area contributed by atoms with Gasteiger partial charge < -0.3 is 5.32 Å². The minimum absolute atomic E-state index is 0.452. The van der Waals surface area contributed by atoms with Crippen LogP contribution in [0, 0.1) is 0 Å². The molecule has 1 aromatic carbocycles. The topological polar surface area (TPSA) is 15.3 Å². The van der Waals surface area contributed by atoms with Gasteiger partial charge in [0.15, 0.2) is 0 Å². The van der Waals surface area contributed by atoms with Crippen LogP contribution in [0.4, 0.5) is 0 Å². The Morgan fingerprint density at radius 1 is 1.30 bits per heavy atom. The van der Waals surface area contributed by atoms with Crippen molar-refractivity contribution in [2.24, 2.45) is 0 Å². The van der Waals surface area contributed by atoms with Crippen molar-refractivity contribution >= 4 is 15.9 Å². The SMILES string of the molecule is CCC1CCC(C)N1CCC(NC)c1ccc(Br)cc1. The molecular formula is C17H27BrN2. The zero-order valence-electron chi connectivity index (χ0n) is 12.9. The van der Waals surface area contributed by atoms with Crippen LogP contribution in [0.25, 0.3) is 0 Å². The van der Waals surface area contributed by atoms with E-state index in [0.717, 1.165) is 16.6 Å². The van der Waals surface area contributed by atoms with Gasteiger partial charge >= 0.3 is 0 Å². The Balaban J connectivity index is 1.95. The summed E-state index contributed by atoms with van der Waals surface area (Å²) in [5.74, 6) is 0. The van der Waals surface area contributed by atoms with Crippen LogP contribution in [0.15, 0.2) is 28.7 Å². The maximum atomic E-state index is 3.51. The summed E-state index contributed by atoms with van der Waals surface area (Å²) in [4.78, 5) is 2.71. The summed E-state index contributed by atoms with van der Waals surface area (Å²) in [6.07, 6.45) is 5.20. The van der Waals surface area contributed by atoms with Crippen molar-refractivity contribution in [3.05, 3.63) is 34.3 Å². The van der Waals surface area contributed by atoms with Crippen molar-refractivity contribution < 1.29 is 0 Å². The van der Waals surface area contributed by atoms with E-state index in [0.29, 0.717) is 6.04 Å². The second-order valence-electron chi connectivity index (χ2n) is 5.91. The molecule has 1 fully saturated rings. The van der Waals surface area contributed by atoms with Gasteiger partial charge in [-0.05, 0) is 57.4 Å². The molecule has 0 bridgehead atoms. The van der Waals surface area contributed by atoms with Crippen LogP contribution in [-0.2, 0) is 0 Å². The first-order valence-electron chi connectivity index (χ1n) is 7.84. The predicted molar refractivity (Wildman–Crippen MR) is 90.0 cm³/mol. The summed E-state index contributed by atoms with van der Waals surface area (Å²) in [6.45, 7) is 5.89. The van der Waals surface area contributed by atoms with Gasteiger partial charge in [-0.1, -0.05) is 35.0 Å². The summed E-state index contributed by atoms with van der Waals surface area (Å²) in [5.41, 5.74) is 1.38. The quantitative estimate of drug-likeness (QED) is 0.828. The van der Waals surface area contributed by atoms with E-state index in [1.807, 2.05) is 0 Å². The molecule has 3 unspecified atom stereocenters. The molecule has 0 amide bonds. The zero-order valence-corrected chi connectivity index (χ0v) is 14.5. The Bertz CT molecular complexity index is 404. The second-order valence-corrected chi connectivity index (χ2v) is 6.82. The lowest BCUT2D eigenvalue weighted by Crippen LogP contribution is -2.36. The molecule has 20 heavy (non-hydrogen) atoms. The molecule has 3 heteroatoms. The standard InChI is InChI=1S/C17H27BrN2/c1-4-16-10-5-13(2)20(16)12-11-17(19-3)14-6-8-15(18)9-7-14/h6-9,13,16-17,19H,4-5,10-12H2,1-3H3. The number of benzene rings is 1. The minimum Gasteiger partial charge on any atom is -0.313 e. The normalized spacial score (nSPS) is 25.0. The van der Waals surface area contributed by atoms with E-state index in [4.69, 9.17) is 0 Å². The number of likely N-dealkylation sites (tertiary alicyclic amines) is 1. The van der Waals surface area contributed by atoms with Gasteiger partial charge in [0, 0.05) is 29.1 Å². The first-order chi connectivity index (χ1) is 9.65. The third kappa shape index (κ3) is 3.84. The van der Waals surface area contributed by atoms with Crippen LogP contribution in [0.5, 0.6) is 0 Å². The van der Waals surface area contributed by atoms with E-state index in [1.165, 1.54) is 37.8 Å². The molecular weight excluding hydrogens is 312 g/mol. The van der Waals surface area contributed by atoms with Crippen LogP contribution in [0.3, 0.4) is 0 Å². The molecule has 1 saturated heterocycles. The minimum atomic E-state index is 0.452. The molecule has 0 aliphatic carbocycles. The van der Waals surface area contributed by atoms with Gasteiger partial charge in [0.2, 0.25) is 0 Å². The molecule has 3 atom stereocenters.